The second-order valence-electron chi connectivity index (χ2n) is 8.47. The molecule has 160 valence electrons. The van der Waals surface area contributed by atoms with E-state index in [0.717, 1.165) is 44.5 Å². The number of β-amino-alcohol motifs (C(OH)–C–C–N with tert-alkyl or cyclic N) is 1. The van der Waals surface area contributed by atoms with E-state index in [9.17, 15) is 18.7 Å². The molecule has 0 radical (unpaired) electrons. The third kappa shape index (κ3) is 4.94. The number of carbonyl (C=O) groups excluding carboxylic acids is 1. The molecule has 6 heteroatoms. The molecule has 0 amide bonds. The lowest BCUT2D eigenvalue weighted by Crippen LogP contribution is -2.55. The van der Waals surface area contributed by atoms with Crippen LogP contribution in [0.2, 0.25) is 0 Å². The number of ketones is 1. The van der Waals surface area contributed by atoms with Crippen LogP contribution in [0.3, 0.4) is 0 Å². The number of piperidine rings is 2. The second-order valence-corrected chi connectivity index (χ2v) is 8.47. The number of benzene rings is 2. The first-order chi connectivity index (χ1) is 14.5. The zero-order valence-electron chi connectivity index (χ0n) is 17.0. The van der Waals surface area contributed by atoms with Crippen LogP contribution in [-0.4, -0.2) is 59.0 Å². The van der Waals surface area contributed by atoms with Crippen LogP contribution in [0.4, 0.5) is 8.78 Å². The van der Waals surface area contributed by atoms with Crippen LogP contribution in [0.5, 0.6) is 0 Å². The Bertz CT molecular complexity index is 849. The van der Waals surface area contributed by atoms with Gasteiger partial charge in [-0.2, -0.15) is 0 Å². The van der Waals surface area contributed by atoms with Crippen molar-refractivity contribution in [3.63, 3.8) is 0 Å². The highest BCUT2D eigenvalue weighted by molar-refractivity contribution is 5.97. The zero-order chi connectivity index (χ0) is 21.1. The number of carbonyl (C=O) groups is 1. The van der Waals surface area contributed by atoms with Crippen molar-refractivity contribution in [3.8, 4) is 0 Å². The molecule has 2 heterocycles. The summed E-state index contributed by atoms with van der Waals surface area (Å²) < 4.78 is 26.2. The third-order valence-electron chi connectivity index (χ3n) is 6.45. The minimum absolute atomic E-state index is 0.0394. The Balaban J connectivity index is 1.27. The molecule has 0 saturated carbocycles. The second kappa shape index (κ2) is 9.33. The van der Waals surface area contributed by atoms with Crippen LogP contribution in [0.15, 0.2) is 48.5 Å². The highest BCUT2D eigenvalue weighted by atomic mass is 19.1. The zero-order valence-corrected chi connectivity index (χ0v) is 17.0. The molecular formula is C24H28F2N2O2. The molecule has 0 unspecified atom stereocenters. The van der Waals surface area contributed by atoms with Gasteiger partial charge >= 0.3 is 0 Å². The maximum atomic E-state index is 13.1. The van der Waals surface area contributed by atoms with Gasteiger partial charge in [0.2, 0.25) is 0 Å². The Hall–Kier alpha value is -2.15. The molecule has 2 aromatic carbocycles. The lowest BCUT2D eigenvalue weighted by molar-refractivity contribution is -0.0251. The molecule has 1 N–H and O–H groups in total. The Morgan fingerprint density at radius 3 is 2.10 bits per heavy atom. The number of rotatable bonds is 5. The van der Waals surface area contributed by atoms with Gasteiger partial charge in [-0.1, -0.05) is 12.1 Å². The summed E-state index contributed by atoms with van der Waals surface area (Å²) in [5.74, 6) is -0.522. The summed E-state index contributed by atoms with van der Waals surface area (Å²) >= 11 is 0. The number of aliphatic hydroxyl groups is 1. The van der Waals surface area contributed by atoms with E-state index in [1.54, 1.807) is 24.3 Å². The summed E-state index contributed by atoms with van der Waals surface area (Å²) in [7, 11) is 0. The molecular weight excluding hydrogens is 386 g/mol. The molecule has 2 fully saturated rings. The molecule has 4 nitrogen and oxygen atoms in total. The van der Waals surface area contributed by atoms with Crippen molar-refractivity contribution >= 4 is 5.78 Å². The Morgan fingerprint density at radius 2 is 1.50 bits per heavy atom. The van der Waals surface area contributed by atoms with Crippen LogP contribution in [0.25, 0.3) is 0 Å². The van der Waals surface area contributed by atoms with Crippen LogP contribution in [0.1, 0.15) is 35.2 Å². The topological polar surface area (TPSA) is 43.8 Å². The molecule has 4 rings (SSSR count). The van der Waals surface area contributed by atoms with E-state index >= 15 is 0 Å². The highest BCUT2D eigenvalue weighted by Gasteiger charge is 2.35. The van der Waals surface area contributed by atoms with Crippen LogP contribution >= 0.6 is 0 Å². The van der Waals surface area contributed by atoms with E-state index in [1.165, 1.54) is 24.3 Å². The molecule has 0 spiro atoms. The number of hydrogen-bond acceptors (Lipinski definition) is 4. The molecule has 0 bridgehead atoms. The molecule has 2 atom stereocenters. The molecule has 30 heavy (non-hydrogen) atoms. The average Bonchev–Trinajstić information content (AvgIpc) is 2.76. The lowest BCUT2D eigenvalue weighted by atomic mass is 9.87. The van der Waals surface area contributed by atoms with Gasteiger partial charge in [0, 0.05) is 37.2 Å². The largest absolute Gasteiger partial charge is 0.390 e. The van der Waals surface area contributed by atoms with Crippen molar-refractivity contribution in [2.24, 2.45) is 5.92 Å². The van der Waals surface area contributed by atoms with E-state index in [-0.39, 0.29) is 29.4 Å². The van der Waals surface area contributed by atoms with Crippen molar-refractivity contribution in [3.05, 3.63) is 71.3 Å². The molecule has 0 aliphatic carbocycles. The van der Waals surface area contributed by atoms with Crippen molar-refractivity contribution in [1.82, 2.24) is 9.80 Å². The monoisotopic (exact) mass is 414 g/mol. The highest BCUT2D eigenvalue weighted by Crippen LogP contribution is 2.27. The predicted octanol–water partition coefficient (Wildman–Crippen LogP) is 3.49. The van der Waals surface area contributed by atoms with Crippen LogP contribution in [0, 0.1) is 17.6 Å². The first-order valence-electron chi connectivity index (χ1n) is 10.7. The van der Waals surface area contributed by atoms with Crippen molar-refractivity contribution < 1.29 is 18.7 Å². The fourth-order valence-electron chi connectivity index (χ4n) is 4.75. The minimum Gasteiger partial charge on any atom is -0.390 e. The molecule has 2 aromatic rings. The molecule has 2 aliphatic rings. The Kier molecular flexibility index (Phi) is 6.56. The number of likely N-dealkylation sites (tertiary alicyclic amines) is 2. The van der Waals surface area contributed by atoms with Gasteiger partial charge in [0.1, 0.15) is 11.6 Å². The molecule has 2 saturated heterocycles. The fourth-order valence-corrected chi connectivity index (χ4v) is 4.75. The first-order valence-corrected chi connectivity index (χ1v) is 10.7. The van der Waals surface area contributed by atoms with Gasteiger partial charge in [0.05, 0.1) is 6.10 Å². The maximum absolute atomic E-state index is 13.1. The van der Waals surface area contributed by atoms with Crippen molar-refractivity contribution in [2.45, 2.75) is 38.0 Å². The summed E-state index contributed by atoms with van der Waals surface area (Å²) in [6, 6.07) is 12.4. The minimum atomic E-state index is -0.441. The van der Waals surface area contributed by atoms with Crippen molar-refractivity contribution in [2.75, 3.05) is 26.2 Å². The Labute approximate surface area is 176 Å². The SMILES string of the molecule is O=C(c1ccc(F)cc1)C1CCN([C@@H]2CCN(Cc3ccc(F)cc3)C[C@H]2O)CC1. The quantitative estimate of drug-likeness (QED) is 0.761. The van der Waals surface area contributed by atoms with Gasteiger partial charge in [-0.3, -0.25) is 14.6 Å². The summed E-state index contributed by atoms with van der Waals surface area (Å²) in [4.78, 5) is 17.2. The van der Waals surface area contributed by atoms with Crippen molar-refractivity contribution in [1.29, 1.82) is 0 Å². The summed E-state index contributed by atoms with van der Waals surface area (Å²) in [6.45, 7) is 3.76. The summed E-state index contributed by atoms with van der Waals surface area (Å²) in [5.41, 5.74) is 1.62. The molecule has 2 aliphatic heterocycles. The Morgan fingerprint density at radius 1 is 0.900 bits per heavy atom. The van der Waals surface area contributed by atoms with Crippen LogP contribution < -0.4 is 0 Å². The smallest absolute Gasteiger partial charge is 0.166 e. The fraction of sp³-hybridized carbons (Fsp3) is 0.458. The standard InChI is InChI=1S/C24H28F2N2O2/c25-20-5-1-17(2-6-20)15-27-12-11-22(23(29)16-27)28-13-9-19(10-14-28)24(30)18-3-7-21(26)8-4-18/h1-8,19,22-23,29H,9-16H2/t22-,23-/m1/s1. The van der Waals surface area contributed by atoms with E-state index < -0.39 is 6.10 Å². The van der Waals surface area contributed by atoms with E-state index in [1.807, 2.05) is 0 Å². The summed E-state index contributed by atoms with van der Waals surface area (Å²) in [6.07, 6.45) is 1.96. The van der Waals surface area contributed by atoms with E-state index in [2.05, 4.69) is 9.80 Å². The van der Waals surface area contributed by atoms with E-state index in [4.69, 9.17) is 0 Å². The van der Waals surface area contributed by atoms with E-state index in [0.29, 0.717) is 18.7 Å². The van der Waals surface area contributed by atoms with Gasteiger partial charge in [-0.15, -0.1) is 0 Å². The van der Waals surface area contributed by atoms with Gasteiger partial charge in [0.15, 0.2) is 5.78 Å². The predicted molar refractivity (Wildman–Crippen MR) is 111 cm³/mol. The average molecular weight is 414 g/mol. The number of Topliss-reactive ketones (excluding diaryl/α,β-unsaturated/α-hetero) is 1. The number of aliphatic hydroxyl groups excluding tert-OH is 1. The van der Waals surface area contributed by atoms with Gasteiger partial charge in [-0.05, 0) is 74.3 Å². The normalized spacial score (nSPS) is 24.1. The van der Waals surface area contributed by atoms with Gasteiger partial charge in [-0.25, -0.2) is 8.78 Å². The van der Waals surface area contributed by atoms with Gasteiger partial charge in [0.25, 0.3) is 0 Å². The number of nitrogens with zero attached hydrogens (tertiary/aromatic N) is 2. The summed E-state index contributed by atoms with van der Waals surface area (Å²) in [5, 5.41) is 10.7. The van der Waals surface area contributed by atoms with Gasteiger partial charge < -0.3 is 5.11 Å². The number of halogens is 2. The molecule has 0 aromatic heterocycles. The first kappa shape index (κ1) is 21.1. The lowest BCUT2D eigenvalue weighted by Gasteiger charge is -2.44. The van der Waals surface area contributed by atoms with Crippen LogP contribution in [-0.2, 0) is 6.54 Å². The number of hydrogen-bond donors (Lipinski definition) is 1. The maximum Gasteiger partial charge on any atom is 0.166 e. The third-order valence-corrected chi connectivity index (χ3v) is 6.45.